The van der Waals surface area contributed by atoms with Crippen LogP contribution in [0.2, 0.25) is 0 Å². The summed E-state index contributed by atoms with van der Waals surface area (Å²) in [5.74, 6) is 0.682. The van der Waals surface area contributed by atoms with Gasteiger partial charge >= 0.3 is 0 Å². The summed E-state index contributed by atoms with van der Waals surface area (Å²) < 4.78 is 11.4. The van der Waals surface area contributed by atoms with Gasteiger partial charge in [-0.15, -0.1) is 10.2 Å². The quantitative estimate of drug-likeness (QED) is 0.444. The minimum atomic E-state index is -0.687. The molecule has 8 heteroatoms. The number of methoxy groups -OCH3 is 1. The maximum atomic E-state index is 13.6. The highest BCUT2D eigenvalue weighted by Crippen LogP contribution is 2.42. The number of anilines is 1. The van der Waals surface area contributed by atoms with Crippen molar-refractivity contribution in [2.45, 2.75) is 26.3 Å². The number of hydrogen-bond donors (Lipinski definition) is 0. The minimum Gasteiger partial charge on any atom is -0.497 e. The van der Waals surface area contributed by atoms with Crippen molar-refractivity contribution < 1.29 is 13.9 Å². The molecule has 0 aliphatic carbocycles. The monoisotopic (exact) mass is 447 g/mol. The van der Waals surface area contributed by atoms with Gasteiger partial charge in [0, 0.05) is 6.42 Å². The van der Waals surface area contributed by atoms with Gasteiger partial charge in [0.1, 0.15) is 16.3 Å². The summed E-state index contributed by atoms with van der Waals surface area (Å²) in [6.07, 6.45) is 0.761. The van der Waals surface area contributed by atoms with Gasteiger partial charge in [-0.2, -0.15) is 0 Å². The highest BCUT2D eigenvalue weighted by atomic mass is 32.1. The molecule has 0 bridgehead atoms. The highest BCUT2D eigenvalue weighted by molar-refractivity contribution is 7.15. The lowest BCUT2D eigenvalue weighted by atomic mass is 9.98. The first-order chi connectivity index (χ1) is 15.5. The second-order valence-corrected chi connectivity index (χ2v) is 9.14. The van der Waals surface area contributed by atoms with E-state index in [1.807, 2.05) is 24.3 Å². The van der Waals surface area contributed by atoms with Crippen LogP contribution in [0.3, 0.4) is 0 Å². The van der Waals surface area contributed by atoms with Gasteiger partial charge in [-0.1, -0.05) is 49.4 Å². The molecule has 0 saturated carbocycles. The average molecular weight is 448 g/mol. The number of fused-ring (bicyclic) bond motifs is 2. The van der Waals surface area contributed by atoms with Gasteiger partial charge in [0.15, 0.2) is 5.43 Å². The Bertz CT molecular complexity index is 1390. The Morgan fingerprint density at radius 2 is 1.94 bits per heavy atom. The van der Waals surface area contributed by atoms with Crippen molar-refractivity contribution in [1.82, 2.24) is 10.2 Å². The van der Waals surface area contributed by atoms with Crippen LogP contribution in [0, 0.1) is 5.92 Å². The van der Waals surface area contributed by atoms with Crippen LogP contribution in [-0.2, 0) is 6.42 Å². The van der Waals surface area contributed by atoms with Crippen LogP contribution in [-0.4, -0.2) is 23.2 Å². The molecule has 0 saturated heterocycles. The molecule has 1 amide bonds. The third-order valence-corrected chi connectivity index (χ3v) is 6.38. The van der Waals surface area contributed by atoms with Crippen molar-refractivity contribution in [3.05, 3.63) is 80.6 Å². The fourth-order valence-electron chi connectivity index (χ4n) is 4.02. The molecule has 162 valence electrons. The first-order valence-corrected chi connectivity index (χ1v) is 11.1. The number of amides is 1. The Morgan fingerprint density at radius 1 is 1.12 bits per heavy atom. The van der Waals surface area contributed by atoms with Crippen LogP contribution in [0.5, 0.6) is 5.75 Å². The van der Waals surface area contributed by atoms with E-state index in [1.165, 1.54) is 16.2 Å². The van der Waals surface area contributed by atoms with Crippen LogP contribution in [0.1, 0.15) is 46.6 Å². The molecule has 1 unspecified atom stereocenters. The lowest BCUT2D eigenvalue weighted by molar-refractivity contribution is 0.0970. The molecule has 2 aromatic heterocycles. The summed E-state index contributed by atoms with van der Waals surface area (Å²) in [5, 5.41) is 10.3. The first-order valence-electron chi connectivity index (χ1n) is 10.3. The molecule has 2 aromatic carbocycles. The lowest BCUT2D eigenvalue weighted by Crippen LogP contribution is -2.29. The first kappa shape index (κ1) is 20.4. The molecule has 4 aromatic rings. The third-order valence-electron chi connectivity index (χ3n) is 5.43. The van der Waals surface area contributed by atoms with Gasteiger partial charge in [-0.05, 0) is 35.7 Å². The summed E-state index contributed by atoms with van der Waals surface area (Å²) in [5.41, 5.74) is 1.20. The Labute approximate surface area is 188 Å². The zero-order chi connectivity index (χ0) is 22.4. The fraction of sp³-hybridized carbons (Fsp3) is 0.250. The van der Waals surface area contributed by atoms with Crippen molar-refractivity contribution in [2.24, 2.45) is 5.92 Å². The summed E-state index contributed by atoms with van der Waals surface area (Å²) in [4.78, 5) is 28.6. The molecule has 3 heterocycles. The molecule has 0 spiro atoms. The molecule has 7 nitrogen and oxygen atoms in total. The maximum Gasteiger partial charge on any atom is 0.297 e. The summed E-state index contributed by atoms with van der Waals surface area (Å²) in [7, 11) is 1.58. The van der Waals surface area contributed by atoms with E-state index in [2.05, 4.69) is 24.0 Å². The number of carbonyl (C=O) groups excluding carboxylic acids is 1. The molecule has 0 radical (unpaired) electrons. The second kappa shape index (κ2) is 7.87. The number of carbonyl (C=O) groups is 1. The van der Waals surface area contributed by atoms with Crippen molar-refractivity contribution in [2.75, 3.05) is 12.0 Å². The van der Waals surface area contributed by atoms with Crippen molar-refractivity contribution in [3.8, 4) is 5.75 Å². The van der Waals surface area contributed by atoms with Crippen LogP contribution in [0.4, 0.5) is 5.13 Å². The zero-order valence-corrected chi connectivity index (χ0v) is 18.7. The zero-order valence-electron chi connectivity index (χ0n) is 17.9. The van der Waals surface area contributed by atoms with Crippen molar-refractivity contribution in [1.29, 1.82) is 0 Å². The smallest absolute Gasteiger partial charge is 0.297 e. The highest BCUT2D eigenvalue weighted by Gasteiger charge is 2.45. The summed E-state index contributed by atoms with van der Waals surface area (Å²) in [6.45, 7) is 4.20. The fourth-order valence-corrected chi connectivity index (χ4v) is 5.10. The van der Waals surface area contributed by atoms with E-state index in [0.29, 0.717) is 33.3 Å². The van der Waals surface area contributed by atoms with E-state index in [0.717, 1.165) is 17.0 Å². The standard InChI is InChI=1S/C24H21N3O4S/c1-13(2)11-18-25-26-24(32-18)27-20(14-7-6-8-15(12-14)30-3)19-21(28)16-9-4-5-10-17(16)31-22(19)23(27)29/h4-10,12-13,20H,11H2,1-3H3. The summed E-state index contributed by atoms with van der Waals surface area (Å²) >= 11 is 1.36. The van der Waals surface area contributed by atoms with E-state index in [9.17, 15) is 9.59 Å². The maximum absolute atomic E-state index is 13.6. The number of hydrogen-bond acceptors (Lipinski definition) is 7. The number of benzene rings is 2. The predicted octanol–water partition coefficient (Wildman–Crippen LogP) is 4.60. The molecule has 1 aliphatic heterocycles. The number of ether oxygens (including phenoxy) is 1. The summed E-state index contributed by atoms with van der Waals surface area (Å²) in [6, 6.07) is 13.6. The number of nitrogens with zero attached hydrogens (tertiary/aromatic N) is 3. The second-order valence-electron chi connectivity index (χ2n) is 8.10. The van der Waals surface area contributed by atoms with Gasteiger partial charge in [-0.25, -0.2) is 0 Å². The Kier molecular flexibility index (Phi) is 5.01. The number of aromatic nitrogens is 2. The van der Waals surface area contributed by atoms with Crippen LogP contribution < -0.4 is 15.1 Å². The van der Waals surface area contributed by atoms with Crippen molar-refractivity contribution in [3.63, 3.8) is 0 Å². The van der Waals surface area contributed by atoms with Crippen LogP contribution in [0.25, 0.3) is 11.0 Å². The van der Waals surface area contributed by atoms with Crippen molar-refractivity contribution >= 4 is 33.3 Å². The molecule has 1 aliphatic rings. The van der Waals surface area contributed by atoms with E-state index < -0.39 is 11.9 Å². The van der Waals surface area contributed by atoms with Gasteiger partial charge in [0.2, 0.25) is 10.9 Å². The molecule has 5 rings (SSSR count). The SMILES string of the molecule is COc1cccc(C2c3c(oc4ccccc4c3=O)C(=O)N2c2nnc(CC(C)C)s2)c1. The molecule has 1 atom stereocenters. The lowest BCUT2D eigenvalue weighted by Gasteiger charge is -2.22. The van der Waals surface area contributed by atoms with E-state index in [4.69, 9.17) is 9.15 Å². The predicted molar refractivity (Wildman–Crippen MR) is 123 cm³/mol. The Hall–Kier alpha value is -3.52. The molecule has 32 heavy (non-hydrogen) atoms. The molecular formula is C24H21N3O4S. The minimum absolute atomic E-state index is 0.0436. The van der Waals surface area contributed by atoms with E-state index >= 15 is 0 Å². The third kappa shape index (κ3) is 3.27. The van der Waals surface area contributed by atoms with Crippen LogP contribution in [0.15, 0.2) is 57.7 Å². The molecule has 0 fully saturated rings. The molecule has 0 N–H and O–H groups in total. The molecular weight excluding hydrogens is 426 g/mol. The number of para-hydroxylation sites is 1. The topological polar surface area (TPSA) is 85.5 Å². The number of rotatable bonds is 5. The van der Waals surface area contributed by atoms with E-state index in [1.54, 1.807) is 31.4 Å². The van der Waals surface area contributed by atoms with Gasteiger partial charge in [-0.3, -0.25) is 14.5 Å². The normalized spacial score (nSPS) is 15.6. The average Bonchev–Trinajstić information content (AvgIpc) is 3.36. The van der Waals surface area contributed by atoms with Gasteiger partial charge in [0.25, 0.3) is 5.91 Å². The van der Waals surface area contributed by atoms with Gasteiger partial charge < -0.3 is 9.15 Å². The largest absolute Gasteiger partial charge is 0.497 e. The Morgan fingerprint density at radius 3 is 2.72 bits per heavy atom. The Balaban J connectivity index is 1.74. The van der Waals surface area contributed by atoms with E-state index in [-0.39, 0.29) is 11.2 Å². The van der Waals surface area contributed by atoms with Crippen LogP contribution >= 0.6 is 11.3 Å². The van der Waals surface area contributed by atoms with Gasteiger partial charge in [0.05, 0.1) is 24.1 Å².